The molecule has 0 bridgehead atoms. The molecule has 2 saturated heterocycles. The van der Waals surface area contributed by atoms with Crippen molar-refractivity contribution in [2.45, 2.75) is 0 Å². The maximum Gasteiger partial charge on any atom is 0.653 e. The van der Waals surface area contributed by atoms with Gasteiger partial charge in [-0.25, -0.2) is 0 Å². The Hall–Kier alpha value is -5.30. The fourth-order valence-corrected chi connectivity index (χ4v) is 38.1. The predicted molar refractivity (Wildman–Crippen MR) is 255 cm³/mol. The van der Waals surface area contributed by atoms with Crippen molar-refractivity contribution in [3.05, 3.63) is 243 Å². The number of rotatable bonds is 10. The van der Waals surface area contributed by atoms with Crippen LogP contribution >= 0.6 is 0 Å². The highest BCUT2D eigenvalue weighted by atomic mass is 28.6. The molecule has 312 valence electrons. The van der Waals surface area contributed by atoms with Gasteiger partial charge in [0.05, 0.1) is 0 Å². The lowest BCUT2D eigenvalue weighted by molar-refractivity contribution is 0.0229. The van der Waals surface area contributed by atoms with Gasteiger partial charge in [0.25, 0.3) is 0 Å². The molecular weight excluding hydrogens is 889 g/mol. The van der Waals surface area contributed by atoms with Crippen LogP contribution in [0.3, 0.4) is 0 Å². The van der Waals surface area contributed by atoms with E-state index in [0.29, 0.717) is 41.5 Å². The van der Waals surface area contributed by atoms with Crippen molar-refractivity contribution in [1.29, 1.82) is 0 Å². The topological polar surface area (TPSA) is 105 Å². The first-order valence-electron chi connectivity index (χ1n) is 20.6. The van der Waals surface area contributed by atoms with Crippen LogP contribution in [0.5, 0.6) is 0 Å². The van der Waals surface area contributed by atoms with E-state index in [0.717, 1.165) is 0 Å². The molecule has 63 heavy (non-hydrogen) atoms. The Kier molecular flexibility index (Phi) is 11.3. The van der Waals surface area contributed by atoms with E-state index in [9.17, 15) is 9.59 Å². The number of hydrogen-bond acceptors (Lipinski definition) is 9. The van der Waals surface area contributed by atoms with E-state index >= 15 is 0 Å². The average molecular weight is 931 g/mol. The molecule has 0 unspecified atom stereocenters. The summed E-state index contributed by atoms with van der Waals surface area (Å²) in [7, 11) is -27.0. The first-order chi connectivity index (χ1) is 30.8. The van der Waals surface area contributed by atoms with Gasteiger partial charge in [-0.2, -0.15) is 0 Å². The number of benzene rings is 8. The van der Waals surface area contributed by atoms with Crippen molar-refractivity contribution in [3.63, 3.8) is 0 Å². The lowest BCUT2D eigenvalue weighted by Gasteiger charge is -2.53. The zero-order valence-electron chi connectivity index (χ0n) is 33.8. The summed E-state index contributed by atoms with van der Waals surface area (Å²) < 4.78 is 51.0. The Bertz CT molecular complexity index is 2220. The molecule has 2 N–H and O–H groups in total. The molecule has 8 aromatic rings. The van der Waals surface area contributed by atoms with Crippen LogP contribution in [-0.2, 0) is 28.8 Å². The fourth-order valence-electron chi connectivity index (χ4n) is 8.37. The molecule has 0 radical (unpaired) electrons. The highest BCUT2D eigenvalue weighted by molar-refractivity contribution is 7.12. The Morgan fingerprint density at radius 2 is 0.365 bits per heavy atom. The summed E-state index contributed by atoms with van der Waals surface area (Å²) in [5.74, 6) is 0. The molecule has 10 rings (SSSR count). The summed E-state index contributed by atoms with van der Waals surface area (Å²) in [5.41, 5.74) is 0. The van der Waals surface area contributed by atoms with E-state index < -0.39 is 52.3 Å². The van der Waals surface area contributed by atoms with Crippen molar-refractivity contribution in [3.8, 4) is 0 Å². The van der Waals surface area contributed by atoms with Crippen molar-refractivity contribution in [1.82, 2.24) is 0 Å². The van der Waals surface area contributed by atoms with E-state index in [1.807, 2.05) is 243 Å². The smallest absolute Gasteiger partial charge is 0.402 e. The van der Waals surface area contributed by atoms with Gasteiger partial charge in [-0.3, -0.25) is 0 Å². The minimum absolute atomic E-state index is 0.704. The molecule has 0 saturated carbocycles. The molecule has 2 heterocycles. The molecule has 9 nitrogen and oxygen atoms in total. The first kappa shape index (κ1) is 41.7. The van der Waals surface area contributed by atoms with Gasteiger partial charge < -0.3 is 38.4 Å². The van der Waals surface area contributed by atoms with Crippen LogP contribution in [0.1, 0.15) is 0 Å². The zero-order chi connectivity index (χ0) is 42.9. The highest BCUT2D eigenvalue weighted by Gasteiger charge is 2.75. The molecule has 0 aliphatic carbocycles. The SMILES string of the molecule is O[Si]1(O[Si]2(O)O[Si](c3ccccc3)(c3ccccc3)O[Si](c3ccccc3)(c3ccccc3)O2)O[Si](c2ccccc2)(c2ccccc2)O[Si](c2ccccc2)(c2ccccc2)O1. The quantitative estimate of drug-likeness (QED) is 0.201. The van der Waals surface area contributed by atoms with E-state index in [-0.39, 0.29) is 0 Å². The third-order valence-electron chi connectivity index (χ3n) is 11.2. The highest BCUT2D eigenvalue weighted by Crippen LogP contribution is 2.37. The van der Waals surface area contributed by atoms with Crippen LogP contribution in [0, 0.1) is 0 Å². The van der Waals surface area contributed by atoms with E-state index in [1.165, 1.54) is 0 Å². The normalized spacial score (nSPS) is 19.1. The van der Waals surface area contributed by atoms with E-state index in [1.54, 1.807) is 0 Å². The van der Waals surface area contributed by atoms with Crippen LogP contribution in [-0.4, -0.2) is 61.9 Å². The Morgan fingerprint density at radius 3 is 0.508 bits per heavy atom. The van der Waals surface area contributed by atoms with Crippen LogP contribution in [0.15, 0.2) is 243 Å². The maximum atomic E-state index is 13.7. The summed E-state index contributed by atoms with van der Waals surface area (Å²) in [6.07, 6.45) is 0. The molecule has 15 heteroatoms. The molecule has 2 aliphatic rings. The van der Waals surface area contributed by atoms with Crippen LogP contribution in [0.25, 0.3) is 0 Å². The second-order valence-corrected chi connectivity index (χ2v) is 32.5. The van der Waals surface area contributed by atoms with Crippen LogP contribution in [0.4, 0.5) is 0 Å². The molecule has 2 fully saturated rings. The molecule has 0 atom stereocenters. The first-order valence-corrected chi connectivity index (χ1v) is 31.2. The monoisotopic (exact) mass is 930 g/mol. The molecule has 8 aromatic carbocycles. The minimum atomic E-state index is -5.28. The summed E-state index contributed by atoms with van der Waals surface area (Å²) >= 11 is 0. The number of hydrogen-bond donors (Lipinski definition) is 2. The molecule has 2 aliphatic heterocycles. The van der Waals surface area contributed by atoms with Gasteiger partial charge in [-0.1, -0.05) is 243 Å². The molecular formula is C48H42O9Si6. The van der Waals surface area contributed by atoms with Gasteiger partial charge in [0, 0.05) is 0 Å². The third-order valence-corrected chi connectivity index (χ3v) is 35.3. The summed E-state index contributed by atoms with van der Waals surface area (Å²) in [5, 5.41) is 5.63. The van der Waals surface area contributed by atoms with Crippen LogP contribution < -0.4 is 41.5 Å². The second-order valence-electron chi connectivity index (χ2n) is 15.2. The Morgan fingerprint density at radius 1 is 0.222 bits per heavy atom. The van der Waals surface area contributed by atoms with Gasteiger partial charge in [0.1, 0.15) is 0 Å². The van der Waals surface area contributed by atoms with Gasteiger partial charge in [-0.15, -0.1) is 0 Å². The fraction of sp³-hybridized carbons (Fsp3) is 0. The van der Waals surface area contributed by atoms with Gasteiger partial charge in [0.2, 0.25) is 0 Å². The van der Waals surface area contributed by atoms with Crippen molar-refractivity contribution in [2.75, 3.05) is 0 Å². The Labute approximate surface area is 372 Å². The van der Waals surface area contributed by atoms with Crippen molar-refractivity contribution >= 4 is 93.8 Å². The molecule has 0 aromatic heterocycles. The van der Waals surface area contributed by atoms with Crippen molar-refractivity contribution in [2.24, 2.45) is 0 Å². The van der Waals surface area contributed by atoms with E-state index in [4.69, 9.17) is 28.8 Å². The summed E-state index contributed by atoms with van der Waals surface area (Å²) in [6.45, 7) is 0. The van der Waals surface area contributed by atoms with Gasteiger partial charge in [-0.05, 0) is 41.5 Å². The largest absolute Gasteiger partial charge is 0.653 e. The molecule has 0 spiro atoms. The maximum absolute atomic E-state index is 13.7. The minimum Gasteiger partial charge on any atom is -0.402 e. The summed E-state index contributed by atoms with van der Waals surface area (Å²) in [6, 6.07) is 77.0. The van der Waals surface area contributed by atoms with Gasteiger partial charge >= 0.3 is 52.3 Å². The van der Waals surface area contributed by atoms with Crippen molar-refractivity contribution < 1.29 is 38.4 Å². The predicted octanol–water partition coefficient (Wildman–Crippen LogP) is 3.01. The van der Waals surface area contributed by atoms with Crippen LogP contribution in [0.2, 0.25) is 0 Å². The van der Waals surface area contributed by atoms with E-state index in [2.05, 4.69) is 0 Å². The average Bonchev–Trinajstić information content (AvgIpc) is 3.35. The second kappa shape index (κ2) is 17.0. The third kappa shape index (κ3) is 7.67. The molecule has 0 amide bonds. The lowest BCUT2D eigenvalue weighted by Crippen LogP contribution is -2.88. The Balaban J connectivity index is 1.24. The standard InChI is InChI=1S/C48H42O9Si6/c49-62(53-58(41-25-9-1-10-26-41,42-27-11-2-12-28-42)51-59(54-62,43-29-13-3-14-30-43)44-31-15-4-16-32-44)57-63(50)55-60(45-33-17-5-18-34-45,46-35-19-6-20-36-46)52-61(56-63,47-37-21-7-22-38-47)48-39-23-8-24-40-48/h1-40,49-50H. The summed E-state index contributed by atoms with van der Waals surface area (Å²) in [4.78, 5) is 27.4. The zero-order valence-corrected chi connectivity index (χ0v) is 39.8. The van der Waals surface area contributed by atoms with Gasteiger partial charge in [0.15, 0.2) is 0 Å². The lowest BCUT2D eigenvalue weighted by atomic mass is 10.4.